The van der Waals surface area contributed by atoms with Gasteiger partial charge in [-0.25, -0.2) is 0 Å². The molecule has 54 heavy (non-hydrogen) atoms. The Labute approximate surface area is 320 Å². The van der Waals surface area contributed by atoms with Crippen molar-refractivity contribution in [2.45, 2.75) is 19.3 Å². The molecule has 0 radical (unpaired) electrons. The second-order valence-electron chi connectivity index (χ2n) is 14.4. The highest BCUT2D eigenvalue weighted by molar-refractivity contribution is 6.10. The molecule has 0 amide bonds. The largest absolute Gasteiger partial charge is 0.455 e. The van der Waals surface area contributed by atoms with Crippen molar-refractivity contribution in [3.05, 3.63) is 187 Å². The van der Waals surface area contributed by atoms with Gasteiger partial charge in [0.05, 0.1) is 12.5 Å². The lowest BCUT2D eigenvalue weighted by atomic mass is 9.82. The summed E-state index contributed by atoms with van der Waals surface area (Å²) in [5.41, 5.74) is 9.86. The molecule has 0 fully saturated rings. The van der Waals surface area contributed by atoms with Gasteiger partial charge in [-0.05, 0) is 70.2 Å². The first-order chi connectivity index (χ1) is 28.6. The van der Waals surface area contributed by atoms with Crippen LogP contribution in [0.2, 0.25) is 0 Å². The van der Waals surface area contributed by atoms with Crippen molar-refractivity contribution in [3.63, 3.8) is 0 Å². The maximum Gasteiger partial charge on any atom is 0.143 e. The summed E-state index contributed by atoms with van der Waals surface area (Å²) in [4.78, 5) is 1.74. The van der Waals surface area contributed by atoms with E-state index in [9.17, 15) is 5.48 Å². The fraction of sp³-hybridized carbons (Fsp3) is 0.0588. The summed E-state index contributed by atoms with van der Waals surface area (Å²) in [6.07, 6.45) is 0. The fourth-order valence-electron chi connectivity index (χ4n) is 8.43. The van der Waals surface area contributed by atoms with Gasteiger partial charge in [-0.1, -0.05) is 147 Å². The Kier molecular flexibility index (Phi) is 5.58. The lowest BCUT2D eigenvalue weighted by molar-refractivity contribution is 0.660. The van der Waals surface area contributed by atoms with Crippen LogP contribution in [0.1, 0.15) is 31.8 Å². The van der Waals surface area contributed by atoms with Crippen LogP contribution in [0.25, 0.3) is 77.3 Å². The Morgan fingerprint density at radius 1 is 0.444 bits per heavy atom. The number of rotatable bonds is 5. The van der Waals surface area contributed by atoms with Crippen molar-refractivity contribution in [1.29, 1.82) is 0 Å². The molecule has 11 rings (SSSR count). The average molecular weight is 699 g/mol. The molecule has 256 valence electrons. The molecule has 1 aliphatic rings. The lowest BCUT2D eigenvalue weighted by Crippen LogP contribution is -2.16. The summed E-state index contributed by atoms with van der Waals surface area (Å²) in [6, 6.07) is 46.9. The SMILES string of the molecule is [2H]c1cc(-c2cccc3c2oc2ccccc23)ccc1N(c1c([2H])cc(-c2cccc3c2oc2ccccc23)cc1[2H])c1c([2H])ccc2c1-c1c([2H])cccc1C2(C)C. The Morgan fingerprint density at radius 2 is 1.00 bits per heavy atom. The average Bonchev–Trinajstić information content (AvgIpc) is 3.88. The monoisotopic (exact) mass is 698 g/mol. The Balaban J connectivity index is 1.15. The molecule has 0 bridgehead atoms. The van der Waals surface area contributed by atoms with Gasteiger partial charge in [0, 0.05) is 55.0 Å². The van der Waals surface area contributed by atoms with Gasteiger partial charge in [-0.15, -0.1) is 0 Å². The van der Waals surface area contributed by atoms with Gasteiger partial charge in [0.25, 0.3) is 0 Å². The van der Waals surface area contributed by atoms with E-state index in [1.807, 2.05) is 115 Å². The van der Waals surface area contributed by atoms with Crippen LogP contribution in [0.5, 0.6) is 0 Å². The first-order valence-corrected chi connectivity index (χ1v) is 18.2. The molecule has 8 aromatic carbocycles. The minimum absolute atomic E-state index is 0.0461. The van der Waals surface area contributed by atoms with Crippen LogP contribution in [-0.4, -0.2) is 0 Å². The standard InChI is InChI=1S/C51H35NO2/c1-51(2)43-19-6-3-14-42(43)48-44(51)20-11-21-45(48)52(34-28-24-32(25-29-34)36-15-9-17-40-38-12-4-7-22-46(38)53-49(36)40)35-30-26-33(27-31-35)37-16-10-18-41-39-13-5-8-23-47(39)54-50(37)41/h3-31H,1-2H3/i14D,21D,28D,29D,30D. The first kappa shape index (κ1) is 26.0. The smallest absolute Gasteiger partial charge is 0.143 e. The highest BCUT2D eigenvalue weighted by atomic mass is 16.3. The van der Waals surface area contributed by atoms with Gasteiger partial charge >= 0.3 is 0 Å². The summed E-state index contributed by atoms with van der Waals surface area (Å²) in [7, 11) is 0. The zero-order valence-corrected chi connectivity index (χ0v) is 29.6. The predicted octanol–water partition coefficient (Wildman–Crippen LogP) is 14.6. The minimum Gasteiger partial charge on any atom is -0.455 e. The Morgan fingerprint density at radius 3 is 1.65 bits per heavy atom. The molecular formula is C51H35NO2. The topological polar surface area (TPSA) is 29.5 Å². The van der Waals surface area contributed by atoms with E-state index >= 15 is 0 Å². The molecule has 0 unspecified atom stereocenters. The molecule has 0 aliphatic heterocycles. The molecular weight excluding hydrogens is 659 g/mol. The van der Waals surface area contributed by atoms with Crippen molar-refractivity contribution >= 4 is 60.9 Å². The molecule has 0 saturated heterocycles. The summed E-state index contributed by atoms with van der Waals surface area (Å²) in [5.74, 6) is 0. The van der Waals surface area contributed by atoms with Crippen LogP contribution in [0.15, 0.2) is 185 Å². The molecule has 3 heteroatoms. The fourth-order valence-corrected chi connectivity index (χ4v) is 8.43. The van der Waals surface area contributed by atoms with Crippen molar-refractivity contribution in [2.24, 2.45) is 0 Å². The van der Waals surface area contributed by atoms with Gasteiger partial charge in [-0.2, -0.15) is 0 Å². The Hall–Kier alpha value is -6.84. The molecule has 2 heterocycles. The van der Waals surface area contributed by atoms with Crippen LogP contribution in [0.4, 0.5) is 17.1 Å². The van der Waals surface area contributed by atoms with Gasteiger partial charge < -0.3 is 13.7 Å². The number of benzene rings is 8. The Bertz CT molecular complexity index is 3370. The predicted molar refractivity (Wildman–Crippen MR) is 224 cm³/mol. The quantitative estimate of drug-likeness (QED) is 0.179. The van der Waals surface area contributed by atoms with Gasteiger partial charge in [0.1, 0.15) is 22.3 Å². The summed E-state index contributed by atoms with van der Waals surface area (Å²) < 4.78 is 60.5. The second-order valence-corrected chi connectivity index (χ2v) is 14.4. The zero-order valence-electron chi connectivity index (χ0n) is 34.6. The van der Waals surface area contributed by atoms with Gasteiger partial charge in [-0.3, -0.25) is 0 Å². The number of hydrogen-bond acceptors (Lipinski definition) is 3. The van der Waals surface area contributed by atoms with Crippen molar-refractivity contribution in [1.82, 2.24) is 0 Å². The molecule has 10 aromatic rings. The first-order valence-electron chi connectivity index (χ1n) is 20.7. The number of anilines is 3. The molecule has 0 atom stereocenters. The third kappa shape index (κ3) is 4.48. The van der Waals surface area contributed by atoms with Crippen LogP contribution in [-0.2, 0) is 5.41 Å². The molecule has 2 aromatic heterocycles. The second kappa shape index (κ2) is 11.6. The van der Waals surface area contributed by atoms with Crippen LogP contribution in [0, 0.1) is 0 Å². The zero-order chi connectivity index (χ0) is 40.3. The van der Waals surface area contributed by atoms with E-state index in [0.29, 0.717) is 39.7 Å². The van der Waals surface area contributed by atoms with Crippen molar-refractivity contribution in [3.8, 4) is 33.4 Å². The molecule has 1 aliphatic carbocycles. The maximum absolute atomic E-state index is 9.71. The van der Waals surface area contributed by atoms with E-state index in [1.165, 1.54) is 0 Å². The summed E-state index contributed by atoms with van der Waals surface area (Å²) >= 11 is 0. The van der Waals surface area contributed by atoms with E-state index < -0.39 is 5.41 Å². The number of furan rings is 2. The van der Waals surface area contributed by atoms with Crippen LogP contribution in [0.3, 0.4) is 0 Å². The van der Waals surface area contributed by atoms with E-state index in [-0.39, 0.29) is 29.9 Å². The number of hydrogen-bond donors (Lipinski definition) is 0. The highest BCUT2D eigenvalue weighted by Gasteiger charge is 2.37. The third-order valence-corrected chi connectivity index (χ3v) is 11.1. The van der Waals surface area contributed by atoms with Crippen molar-refractivity contribution in [2.75, 3.05) is 4.90 Å². The van der Waals surface area contributed by atoms with E-state index in [1.54, 1.807) is 35.2 Å². The third-order valence-electron chi connectivity index (χ3n) is 11.1. The summed E-state index contributed by atoms with van der Waals surface area (Å²) in [5, 5.41) is 3.94. The number of fused-ring (bicyclic) bond motifs is 9. The maximum atomic E-state index is 9.71. The summed E-state index contributed by atoms with van der Waals surface area (Å²) in [6.45, 7) is 4.25. The van der Waals surface area contributed by atoms with E-state index in [2.05, 4.69) is 13.8 Å². The van der Waals surface area contributed by atoms with Crippen LogP contribution < -0.4 is 4.90 Å². The highest BCUT2D eigenvalue weighted by Crippen LogP contribution is 2.54. The van der Waals surface area contributed by atoms with E-state index in [4.69, 9.17) is 10.2 Å². The number of para-hydroxylation sites is 4. The normalized spacial score (nSPS) is 14.4. The van der Waals surface area contributed by atoms with Gasteiger partial charge in [0.2, 0.25) is 0 Å². The molecule has 0 spiro atoms. The lowest BCUT2D eigenvalue weighted by Gasteiger charge is -2.29. The van der Waals surface area contributed by atoms with Crippen LogP contribution >= 0.6 is 0 Å². The molecule has 3 nitrogen and oxygen atoms in total. The molecule has 0 saturated carbocycles. The minimum atomic E-state index is -0.489. The molecule has 0 N–H and O–H groups in total. The van der Waals surface area contributed by atoms with Crippen molar-refractivity contribution < 1.29 is 15.7 Å². The van der Waals surface area contributed by atoms with E-state index in [0.717, 1.165) is 66.1 Å². The number of nitrogens with zero attached hydrogens (tertiary/aromatic N) is 1. The van der Waals surface area contributed by atoms with Gasteiger partial charge in [0.15, 0.2) is 0 Å².